The first-order valence-corrected chi connectivity index (χ1v) is 13.3. The second kappa shape index (κ2) is 15.7. The summed E-state index contributed by atoms with van der Waals surface area (Å²) < 4.78 is 1.42. The topological polar surface area (TPSA) is 0 Å². The van der Waals surface area contributed by atoms with Gasteiger partial charge in [0, 0.05) is 0 Å². The largest absolute Gasteiger partial charge is 0.179 e. The van der Waals surface area contributed by atoms with Crippen LogP contribution in [0.2, 0.25) is 0 Å². The van der Waals surface area contributed by atoms with Gasteiger partial charge in [0.05, 0.1) is 0 Å². The molecule has 0 unspecified atom stereocenters. The molecule has 1 aliphatic rings. The van der Waals surface area contributed by atoms with E-state index < -0.39 is 0 Å². The van der Waals surface area contributed by atoms with Crippen LogP contribution in [0, 0.1) is 6.07 Å². The van der Waals surface area contributed by atoms with Gasteiger partial charge in [0.25, 0.3) is 0 Å². The van der Waals surface area contributed by atoms with Crippen molar-refractivity contribution in [1.82, 2.24) is 0 Å². The van der Waals surface area contributed by atoms with E-state index in [0.29, 0.717) is 5.92 Å². The second-order valence-corrected chi connectivity index (χ2v) is 10.1. The molecule has 6 rings (SSSR count). The molecule has 0 N–H and O–H groups in total. The van der Waals surface area contributed by atoms with E-state index in [0.717, 1.165) is 6.42 Å². The van der Waals surface area contributed by atoms with E-state index in [9.17, 15) is 0 Å². The van der Waals surface area contributed by atoms with E-state index in [2.05, 4.69) is 141 Å². The van der Waals surface area contributed by atoms with E-state index in [1.54, 1.807) is 0 Å². The average Bonchev–Trinajstić information content (AvgIpc) is 3.59. The van der Waals surface area contributed by atoms with Gasteiger partial charge in [-0.15, -0.1) is 5.56 Å². The number of rotatable bonds is 3. The van der Waals surface area contributed by atoms with Crippen LogP contribution in [0.15, 0.2) is 127 Å². The summed E-state index contributed by atoms with van der Waals surface area (Å²) in [6.45, 7) is 4.41. The van der Waals surface area contributed by atoms with Crippen molar-refractivity contribution in [3.8, 4) is 11.1 Å². The molecule has 186 valence electrons. The molecule has 0 amide bonds. The summed E-state index contributed by atoms with van der Waals surface area (Å²) in [5.41, 5.74) is 9.61. The molecule has 0 fully saturated rings. The summed E-state index contributed by atoms with van der Waals surface area (Å²) in [6, 6.07) is 47.7. The van der Waals surface area contributed by atoms with Crippen LogP contribution in [0.3, 0.4) is 0 Å². The summed E-state index contributed by atoms with van der Waals surface area (Å²) in [5, 5.41) is 0. The van der Waals surface area contributed by atoms with Crippen molar-refractivity contribution in [3.05, 3.63) is 161 Å². The van der Waals surface area contributed by atoms with Crippen molar-refractivity contribution < 1.29 is 49.0 Å². The fourth-order valence-corrected chi connectivity index (χ4v) is 4.97. The summed E-state index contributed by atoms with van der Waals surface area (Å²) in [4.78, 5) is 0. The quantitative estimate of drug-likeness (QED) is 0.274. The Bertz CT molecular complexity index is 1260. The van der Waals surface area contributed by atoms with Gasteiger partial charge in [0.15, 0.2) is 0 Å². The van der Waals surface area contributed by atoms with Crippen LogP contribution in [-0.2, 0) is 30.7 Å². The van der Waals surface area contributed by atoms with Gasteiger partial charge in [-0.2, -0.15) is 53.6 Å². The molecule has 5 aromatic carbocycles. The minimum atomic E-state index is 0. The molecule has 0 heterocycles. The third-order valence-corrected chi connectivity index (χ3v) is 7.52. The van der Waals surface area contributed by atoms with E-state index in [1.165, 1.54) is 66.4 Å². The molecule has 3 heteroatoms. The van der Waals surface area contributed by atoms with Crippen molar-refractivity contribution in [2.24, 2.45) is 0 Å². The van der Waals surface area contributed by atoms with Gasteiger partial charge in [0.1, 0.15) is 0 Å². The normalized spacial score (nSPS) is 10.3. The van der Waals surface area contributed by atoms with Gasteiger partial charge >= 0.3 is 99.2 Å². The zero-order valence-corrected chi connectivity index (χ0v) is 25.1. The first-order valence-electron chi connectivity index (χ1n) is 12.1. The predicted molar refractivity (Wildman–Crippen MR) is 146 cm³/mol. The fourth-order valence-electron chi connectivity index (χ4n) is 4.15. The van der Waals surface area contributed by atoms with E-state index >= 15 is 0 Å². The molecule has 37 heavy (non-hydrogen) atoms. The van der Waals surface area contributed by atoms with Crippen LogP contribution in [0.5, 0.6) is 0 Å². The summed E-state index contributed by atoms with van der Waals surface area (Å²) in [7, 11) is 0. The zero-order chi connectivity index (χ0) is 24.5. The Labute approximate surface area is 249 Å². The van der Waals surface area contributed by atoms with Crippen molar-refractivity contribution in [2.45, 2.75) is 26.2 Å². The smallest absolute Gasteiger partial charge is 0.0253 e. The first kappa shape index (κ1) is 30.8. The van der Waals surface area contributed by atoms with Crippen LogP contribution in [0.1, 0.15) is 47.6 Å². The number of fused-ring (bicyclic) bond motifs is 3. The number of halogens is 2. The first-order chi connectivity index (χ1) is 17.1. The summed E-state index contributed by atoms with van der Waals surface area (Å²) in [5.74, 6) is 0.685. The van der Waals surface area contributed by atoms with Gasteiger partial charge in [-0.25, -0.2) is 6.07 Å². The Morgan fingerprint density at radius 2 is 1.30 bits per heavy atom. The molecule has 0 saturated carbocycles. The molecule has 0 saturated heterocycles. The third kappa shape index (κ3) is 8.54. The van der Waals surface area contributed by atoms with Gasteiger partial charge in [-0.1, -0.05) is 55.2 Å². The Morgan fingerprint density at radius 3 is 1.84 bits per heavy atom. The molecule has 5 aromatic rings. The van der Waals surface area contributed by atoms with E-state index in [-0.39, 0.29) is 24.8 Å². The SMILES string of the molecule is CC(C)c1cc[cH-]c1.[Cl-].[Cl-].[Zr+2]=[C](c1ccccc1)c1ccccc1.[c-]1cccc2c1Cc1ccccc1-2. The molecule has 0 aliphatic heterocycles. The van der Waals surface area contributed by atoms with E-state index in [4.69, 9.17) is 0 Å². The standard InChI is InChI=1S/C13H9.C13H10.C8H11.2ClH.Zr/c1-3-7-12-10(5-1)9-11-6-2-4-8-13(11)12;1-3-7-12(8-4-1)11-13-9-5-2-6-10-13;1-7(2)8-5-3-4-6-8;;;/h1-5,7-8H,9H2;1-10H;3-7H,1-2H3;2*1H;/q-1;;-1;;;+2/p-2. The second-order valence-electron chi connectivity index (χ2n) is 8.88. The third-order valence-electron chi connectivity index (χ3n) is 6.10. The monoisotopic (exact) mass is 598 g/mol. The van der Waals surface area contributed by atoms with Gasteiger partial charge in [-0.3, -0.25) is 0 Å². The van der Waals surface area contributed by atoms with Crippen LogP contribution in [0.25, 0.3) is 11.1 Å². The van der Waals surface area contributed by atoms with Crippen LogP contribution in [-0.4, -0.2) is 3.21 Å². The molecule has 0 radical (unpaired) electrons. The van der Waals surface area contributed by atoms with Gasteiger partial charge < -0.3 is 24.8 Å². The molecular weight excluding hydrogens is 571 g/mol. The van der Waals surface area contributed by atoms with Crippen LogP contribution in [0.4, 0.5) is 0 Å². The van der Waals surface area contributed by atoms with Gasteiger partial charge in [-0.05, 0) is 6.42 Å². The molecule has 0 bridgehead atoms. The number of hydrogen-bond donors (Lipinski definition) is 0. The Kier molecular flexibility index (Phi) is 13.1. The van der Waals surface area contributed by atoms with Gasteiger partial charge in [0.2, 0.25) is 0 Å². The average molecular weight is 601 g/mol. The van der Waals surface area contributed by atoms with Crippen LogP contribution < -0.4 is 24.8 Å². The molecule has 0 atom stereocenters. The molecule has 0 aromatic heterocycles. The Morgan fingerprint density at radius 1 is 0.730 bits per heavy atom. The maximum atomic E-state index is 3.30. The van der Waals surface area contributed by atoms with Crippen LogP contribution >= 0.6 is 0 Å². The predicted octanol–water partition coefficient (Wildman–Crippen LogP) is 2.40. The van der Waals surface area contributed by atoms with Crippen molar-refractivity contribution >= 4 is 3.21 Å². The molecule has 1 aliphatic carbocycles. The maximum Gasteiger partial charge on any atom is -0.0253 e. The molecule has 0 nitrogen and oxygen atoms in total. The minimum Gasteiger partial charge on any atom is -0.179 e. The fraction of sp³-hybridized carbons (Fsp3) is 0.118. The number of benzene rings is 4. The summed E-state index contributed by atoms with van der Waals surface area (Å²) >= 11 is 1.46. The van der Waals surface area contributed by atoms with Crippen molar-refractivity contribution in [3.63, 3.8) is 0 Å². The molecular formula is C34H30Cl2Zr-2. The number of hydrogen-bond acceptors (Lipinski definition) is 0. The zero-order valence-electron chi connectivity index (χ0n) is 21.2. The Balaban J connectivity index is 0.000000197. The van der Waals surface area contributed by atoms with E-state index in [1.807, 2.05) is 6.07 Å². The minimum absolute atomic E-state index is 0. The Hall–Kier alpha value is -2.44. The summed E-state index contributed by atoms with van der Waals surface area (Å²) in [6.07, 6.45) is 1.05. The molecule has 0 spiro atoms. The van der Waals surface area contributed by atoms with Crippen molar-refractivity contribution in [1.29, 1.82) is 0 Å². The maximum absolute atomic E-state index is 3.30. The van der Waals surface area contributed by atoms with Crippen molar-refractivity contribution in [2.75, 3.05) is 0 Å².